The second-order valence-electron chi connectivity index (χ2n) is 5.27. The van der Waals surface area contributed by atoms with Gasteiger partial charge in [0.05, 0.1) is 12.0 Å². The molecule has 1 N–H and O–H groups in total. The lowest BCUT2D eigenvalue weighted by atomic mass is 10.1. The number of carbonyl (C=O) groups is 2. The van der Waals surface area contributed by atoms with Gasteiger partial charge in [-0.25, -0.2) is 0 Å². The second-order valence-corrected chi connectivity index (χ2v) is 5.71. The standard InChI is InChI=1S/C15H18ClNO3/c1-9-6-13(9)15(19)20-8-14(18)17-10(2)11-4-3-5-12(16)7-11/h3-5,7,9-10,13H,6,8H2,1-2H3,(H,17,18)/t9-,10+,13-/m1/s1. The van der Waals surface area contributed by atoms with E-state index in [9.17, 15) is 9.59 Å². The highest BCUT2D eigenvalue weighted by Gasteiger charge is 2.40. The van der Waals surface area contributed by atoms with E-state index in [1.165, 1.54) is 0 Å². The number of carbonyl (C=O) groups excluding carboxylic acids is 2. The zero-order valence-corrected chi connectivity index (χ0v) is 12.3. The maximum absolute atomic E-state index is 11.7. The molecular formula is C15H18ClNO3. The Morgan fingerprint density at radius 3 is 2.80 bits per heavy atom. The second kappa shape index (κ2) is 6.27. The summed E-state index contributed by atoms with van der Waals surface area (Å²) in [6, 6.07) is 7.10. The first-order chi connectivity index (χ1) is 9.47. The molecular weight excluding hydrogens is 278 g/mol. The van der Waals surface area contributed by atoms with Crippen molar-refractivity contribution in [2.24, 2.45) is 11.8 Å². The van der Waals surface area contributed by atoms with Gasteiger partial charge < -0.3 is 10.1 Å². The van der Waals surface area contributed by atoms with Crippen molar-refractivity contribution in [3.8, 4) is 0 Å². The number of hydrogen-bond donors (Lipinski definition) is 1. The van der Waals surface area contributed by atoms with E-state index in [4.69, 9.17) is 16.3 Å². The number of amides is 1. The summed E-state index contributed by atoms with van der Waals surface area (Å²) in [4.78, 5) is 23.2. The first kappa shape index (κ1) is 14.9. The molecule has 1 aliphatic carbocycles. The molecule has 1 saturated carbocycles. The average Bonchev–Trinajstić information content (AvgIpc) is 3.13. The van der Waals surface area contributed by atoms with Crippen molar-refractivity contribution >= 4 is 23.5 Å². The Bertz CT molecular complexity index is 518. The van der Waals surface area contributed by atoms with Crippen LogP contribution in [0.15, 0.2) is 24.3 Å². The SMILES string of the molecule is C[C@H](NC(=O)COC(=O)[C@@H]1C[C@H]1C)c1cccc(Cl)c1. The van der Waals surface area contributed by atoms with E-state index in [-0.39, 0.29) is 30.4 Å². The normalized spacial score (nSPS) is 21.9. The minimum Gasteiger partial charge on any atom is -0.455 e. The molecule has 0 radical (unpaired) electrons. The van der Waals surface area contributed by atoms with Crippen molar-refractivity contribution in [3.63, 3.8) is 0 Å². The van der Waals surface area contributed by atoms with Crippen molar-refractivity contribution in [1.29, 1.82) is 0 Å². The number of halogens is 1. The molecule has 20 heavy (non-hydrogen) atoms. The minimum atomic E-state index is -0.306. The smallest absolute Gasteiger partial charge is 0.309 e. The highest BCUT2D eigenvalue weighted by Crippen LogP contribution is 2.38. The van der Waals surface area contributed by atoms with Gasteiger partial charge in [-0.05, 0) is 37.0 Å². The first-order valence-electron chi connectivity index (χ1n) is 6.69. The molecule has 0 aromatic heterocycles. The summed E-state index contributed by atoms with van der Waals surface area (Å²) in [5.74, 6) is -0.216. The molecule has 1 amide bonds. The zero-order valence-electron chi connectivity index (χ0n) is 11.6. The topological polar surface area (TPSA) is 55.4 Å². The van der Waals surface area contributed by atoms with Crippen molar-refractivity contribution in [3.05, 3.63) is 34.9 Å². The van der Waals surface area contributed by atoms with Crippen LogP contribution in [0.1, 0.15) is 31.9 Å². The lowest BCUT2D eigenvalue weighted by molar-refractivity contribution is -0.150. The third-order valence-electron chi connectivity index (χ3n) is 3.48. The minimum absolute atomic E-state index is 0.0202. The molecule has 5 heteroatoms. The molecule has 1 aromatic rings. The van der Waals surface area contributed by atoms with Gasteiger partial charge in [0.2, 0.25) is 0 Å². The van der Waals surface area contributed by atoms with Gasteiger partial charge in [-0.3, -0.25) is 9.59 Å². The summed E-state index contributed by atoms with van der Waals surface area (Å²) in [6.07, 6.45) is 0.860. The van der Waals surface area contributed by atoms with Gasteiger partial charge in [0.25, 0.3) is 5.91 Å². The molecule has 3 atom stereocenters. The van der Waals surface area contributed by atoms with Gasteiger partial charge in [-0.15, -0.1) is 0 Å². The fourth-order valence-electron chi connectivity index (χ4n) is 2.04. The number of ether oxygens (including phenoxy) is 1. The summed E-state index contributed by atoms with van der Waals surface area (Å²) in [7, 11) is 0. The van der Waals surface area contributed by atoms with Crippen LogP contribution in [0.2, 0.25) is 5.02 Å². The van der Waals surface area contributed by atoms with E-state index < -0.39 is 0 Å². The van der Waals surface area contributed by atoms with Gasteiger partial charge in [0.15, 0.2) is 6.61 Å². The van der Waals surface area contributed by atoms with Crippen molar-refractivity contribution in [1.82, 2.24) is 5.32 Å². The van der Waals surface area contributed by atoms with E-state index >= 15 is 0 Å². The van der Waals surface area contributed by atoms with Crippen molar-refractivity contribution in [2.75, 3.05) is 6.61 Å². The Morgan fingerprint density at radius 2 is 2.20 bits per heavy atom. The van der Waals surface area contributed by atoms with E-state index in [1.807, 2.05) is 26.0 Å². The number of rotatable bonds is 5. The van der Waals surface area contributed by atoms with Gasteiger partial charge in [0, 0.05) is 5.02 Å². The first-order valence-corrected chi connectivity index (χ1v) is 7.06. The van der Waals surface area contributed by atoms with Gasteiger partial charge >= 0.3 is 5.97 Å². The number of esters is 1. The fourth-order valence-corrected chi connectivity index (χ4v) is 2.24. The summed E-state index contributed by atoms with van der Waals surface area (Å²) in [5.41, 5.74) is 0.910. The molecule has 0 heterocycles. The maximum atomic E-state index is 11.7. The van der Waals surface area contributed by atoms with Crippen molar-refractivity contribution in [2.45, 2.75) is 26.3 Å². The van der Waals surface area contributed by atoms with Crippen LogP contribution in [-0.4, -0.2) is 18.5 Å². The lowest BCUT2D eigenvalue weighted by Gasteiger charge is -2.14. The van der Waals surface area contributed by atoms with Crippen LogP contribution < -0.4 is 5.32 Å². The summed E-state index contributed by atoms with van der Waals surface area (Å²) < 4.78 is 4.98. The van der Waals surface area contributed by atoms with E-state index in [0.717, 1.165) is 12.0 Å². The lowest BCUT2D eigenvalue weighted by Crippen LogP contribution is -2.31. The molecule has 0 aliphatic heterocycles. The fraction of sp³-hybridized carbons (Fsp3) is 0.467. The number of nitrogens with one attached hydrogen (secondary N) is 1. The zero-order chi connectivity index (χ0) is 14.7. The molecule has 0 unspecified atom stereocenters. The highest BCUT2D eigenvalue weighted by molar-refractivity contribution is 6.30. The predicted molar refractivity (Wildman–Crippen MR) is 76.2 cm³/mol. The molecule has 0 spiro atoms. The summed E-state index contributed by atoms with van der Waals surface area (Å²) >= 11 is 5.90. The maximum Gasteiger partial charge on any atom is 0.309 e. The molecule has 0 bridgehead atoms. The molecule has 1 fully saturated rings. The van der Waals surface area contributed by atoms with Crippen LogP contribution in [0.25, 0.3) is 0 Å². The summed E-state index contributed by atoms with van der Waals surface area (Å²) in [5, 5.41) is 3.40. The van der Waals surface area contributed by atoms with Gasteiger partial charge in [-0.2, -0.15) is 0 Å². The Morgan fingerprint density at radius 1 is 1.50 bits per heavy atom. The Labute approximate surface area is 123 Å². The van der Waals surface area contributed by atoms with Crippen LogP contribution >= 0.6 is 11.6 Å². The highest BCUT2D eigenvalue weighted by atomic mass is 35.5. The van der Waals surface area contributed by atoms with E-state index in [2.05, 4.69) is 5.32 Å². The largest absolute Gasteiger partial charge is 0.455 e. The van der Waals surface area contributed by atoms with E-state index in [0.29, 0.717) is 10.9 Å². The van der Waals surface area contributed by atoms with Gasteiger partial charge in [0.1, 0.15) is 0 Å². The van der Waals surface area contributed by atoms with Crippen molar-refractivity contribution < 1.29 is 14.3 Å². The van der Waals surface area contributed by atoms with Crippen LogP contribution in [0, 0.1) is 11.8 Å². The van der Waals surface area contributed by atoms with Gasteiger partial charge in [-0.1, -0.05) is 30.7 Å². The Kier molecular flexibility index (Phi) is 4.65. The van der Waals surface area contributed by atoms with Crippen LogP contribution in [-0.2, 0) is 14.3 Å². The van der Waals surface area contributed by atoms with Crippen LogP contribution in [0.4, 0.5) is 0 Å². The molecule has 108 valence electrons. The molecule has 1 aromatic carbocycles. The Balaban J connectivity index is 1.77. The molecule has 4 nitrogen and oxygen atoms in total. The molecule has 0 saturated heterocycles. The number of benzene rings is 1. The summed E-state index contributed by atoms with van der Waals surface area (Å²) in [6.45, 7) is 3.62. The predicted octanol–water partition coefficient (Wildman–Crippen LogP) is 2.72. The quantitative estimate of drug-likeness (QED) is 0.850. The average molecular weight is 296 g/mol. The van der Waals surface area contributed by atoms with Crippen LogP contribution in [0.3, 0.4) is 0 Å². The third-order valence-corrected chi connectivity index (χ3v) is 3.72. The monoisotopic (exact) mass is 295 g/mol. The number of hydrogen-bond acceptors (Lipinski definition) is 3. The third kappa shape index (κ3) is 3.97. The Hall–Kier alpha value is -1.55. The molecule has 2 rings (SSSR count). The molecule has 1 aliphatic rings. The van der Waals surface area contributed by atoms with E-state index in [1.54, 1.807) is 12.1 Å². The van der Waals surface area contributed by atoms with Crippen LogP contribution in [0.5, 0.6) is 0 Å².